The number of rotatable bonds is 6. The minimum Gasteiger partial charge on any atom is -0.550 e. The summed E-state index contributed by atoms with van der Waals surface area (Å²) in [5, 5.41) is 23.2. The molecule has 8 heteroatoms. The summed E-state index contributed by atoms with van der Waals surface area (Å²) >= 11 is 9.31. The fraction of sp³-hybridized carbons (Fsp3) is 0.667. The molecule has 0 spiro atoms. The van der Waals surface area contributed by atoms with Crippen molar-refractivity contribution in [3.63, 3.8) is 0 Å². The summed E-state index contributed by atoms with van der Waals surface area (Å²) in [6.07, 6.45) is 3.90. The van der Waals surface area contributed by atoms with Gasteiger partial charge in [0.2, 0.25) is 0 Å². The predicted molar refractivity (Wildman–Crippen MR) is 69.9 cm³/mol. The van der Waals surface area contributed by atoms with Gasteiger partial charge < -0.3 is 19.8 Å². The topological polar surface area (TPSA) is 80.3 Å². The number of carboxylic acid groups (broad SMARTS) is 2. The van der Waals surface area contributed by atoms with Crippen molar-refractivity contribution in [2.24, 2.45) is 10.8 Å². The number of thiocarbonyl (C=S) groups is 2. The van der Waals surface area contributed by atoms with E-state index in [1.165, 1.54) is 0 Å². The van der Waals surface area contributed by atoms with E-state index < -0.39 is 11.9 Å². The Morgan fingerprint density at radius 1 is 0.850 bits per heavy atom. The van der Waals surface area contributed by atoms with Crippen LogP contribution in [0.3, 0.4) is 0 Å². The second-order valence-corrected chi connectivity index (χ2v) is 5.53. The van der Waals surface area contributed by atoms with E-state index in [9.17, 15) is 19.8 Å². The number of hydrogen-bond donors (Lipinski definition) is 0. The molecule has 0 atom stereocenters. The summed E-state index contributed by atoms with van der Waals surface area (Å²) in [6, 6.07) is 0. The minimum atomic E-state index is -0.992. The maximum atomic E-state index is 10.0. The van der Waals surface area contributed by atoms with Crippen LogP contribution in [0.15, 0.2) is 0 Å². The Morgan fingerprint density at radius 3 is 1.15 bits per heavy atom. The van der Waals surface area contributed by atoms with Gasteiger partial charge in [-0.15, -0.1) is 0 Å². The van der Waals surface area contributed by atoms with Crippen LogP contribution in [-0.4, -0.2) is 22.7 Å². The third-order valence-electron chi connectivity index (χ3n) is 3.28. The first-order chi connectivity index (χ1) is 8.37. The second kappa shape index (κ2) is 10.0. The molecule has 0 saturated heterocycles. The van der Waals surface area contributed by atoms with E-state index in [0.29, 0.717) is 0 Å². The van der Waals surface area contributed by atoms with Crippen molar-refractivity contribution >= 4 is 47.1 Å². The number of carboxylic acids is 2. The zero-order chi connectivity index (χ0) is 13.8. The molecular weight excluding hydrogens is 318 g/mol. The summed E-state index contributed by atoms with van der Waals surface area (Å²) in [6.45, 7) is 0. The zero-order valence-electron chi connectivity index (χ0n) is 11.8. The first-order valence-electron chi connectivity index (χ1n) is 5.69. The number of carbonyl (C=O) groups is 2. The molecule has 2 fully saturated rings. The maximum absolute atomic E-state index is 10.0. The average molecular weight is 332 g/mol. The van der Waals surface area contributed by atoms with E-state index in [-0.39, 0.29) is 82.8 Å². The smallest absolute Gasteiger partial charge is 0.550 e. The molecule has 0 unspecified atom stereocenters. The molecule has 2 saturated carbocycles. The molecular formula is C12H14Na2O4S2. The van der Waals surface area contributed by atoms with Gasteiger partial charge in [-0.25, -0.2) is 0 Å². The van der Waals surface area contributed by atoms with Crippen LogP contribution in [0.5, 0.6) is 0 Å². The molecule has 0 aromatic rings. The van der Waals surface area contributed by atoms with Gasteiger partial charge in [0.25, 0.3) is 0 Å². The normalized spacial score (nSPS) is 18.8. The van der Waals surface area contributed by atoms with Crippen molar-refractivity contribution < 1.29 is 78.9 Å². The average Bonchev–Trinajstić information content (AvgIpc) is 3.16. The van der Waals surface area contributed by atoms with Crippen molar-refractivity contribution in [1.29, 1.82) is 0 Å². The summed E-state index contributed by atoms with van der Waals surface area (Å²) in [5.74, 6) is -1.98. The third-order valence-corrected chi connectivity index (χ3v) is 4.28. The quantitative estimate of drug-likeness (QED) is 0.356. The Balaban J connectivity index is 0. The van der Waals surface area contributed by atoms with E-state index in [2.05, 4.69) is 24.4 Å². The monoisotopic (exact) mass is 332 g/mol. The van der Waals surface area contributed by atoms with Gasteiger partial charge in [0.05, 0.1) is 0 Å². The van der Waals surface area contributed by atoms with Crippen LogP contribution in [0, 0.1) is 10.8 Å². The van der Waals surface area contributed by atoms with Gasteiger partial charge in [0.1, 0.15) is 0 Å². The molecule has 4 nitrogen and oxygen atoms in total. The second-order valence-electron chi connectivity index (χ2n) is 5.06. The van der Waals surface area contributed by atoms with E-state index >= 15 is 0 Å². The number of carbonyl (C=O) groups excluding carboxylic acids is 2. The van der Waals surface area contributed by atoms with Gasteiger partial charge in [-0.2, -0.15) is 0 Å². The Bertz CT molecular complexity index is 344. The number of aliphatic carboxylic acids is 2. The van der Waals surface area contributed by atoms with Crippen LogP contribution < -0.4 is 69.3 Å². The van der Waals surface area contributed by atoms with E-state index in [1.54, 1.807) is 10.7 Å². The van der Waals surface area contributed by atoms with Gasteiger partial charge in [-0.05, 0) is 49.3 Å². The molecule has 0 radical (unpaired) electrons. The van der Waals surface area contributed by atoms with E-state index in [1.807, 2.05) is 0 Å². The van der Waals surface area contributed by atoms with Gasteiger partial charge in [-0.1, -0.05) is 24.4 Å². The van der Waals surface area contributed by atoms with Crippen molar-refractivity contribution in [1.82, 2.24) is 0 Å². The summed E-state index contributed by atoms with van der Waals surface area (Å²) in [4.78, 5) is 20.1. The fourth-order valence-corrected chi connectivity index (χ4v) is 2.21. The maximum Gasteiger partial charge on any atom is 1.00 e. The third kappa shape index (κ3) is 8.54. The van der Waals surface area contributed by atoms with E-state index in [0.717, 1.165) is 25.7 Å². The molecule has 2 aliphatic carbocycles. The van der Waals surface area contributed by atoms with Crippen LogP contribution in [0.2, 0.25) is 0 Å². The van der Waals surface area contributed by atoms with Gasteiger partial charge in [0.15, 0.2) is 0 Å². The molecule has 0 bridgehead atoms. The van der Waals surface area contributed by atoms with Gasteiger partial charge >= 0.3 is 59.1 Å². The number of hydrogen-bond acceptors (Lipinski definition) is 6. The van der Waals surface area contributed by atoms with Crippen LogP contribution in [0.1, 0.15) is 38.5 Å². The van der Waals surface area contributed by atoms with Gasteiger partial charge in [0, 0.05) is 22.8 Å². The van der Waals surface area contributed by atoms with Crippen molar-refractivity contribution in [3.05, 3.63) is 0 Å². The Labute approximate surface area is 173 Å². The predicted octanol–water partition coefficient (Wildman–Crippen LogP) is -6.18. The first-order valence-corrected chi connectivity index (χ1v) is 6.64. The van der Waals surface area contributed by atoms with Crippen LogP contribution in [0.25, 0.3) is 0 Å². The summed E-state index contributed by atoms with van der Waals surface area (Å²) < 4.78 is 0. The molecule has 0 N–H and O–H groups in total. The Morgan fingerprint density at radius 2 is 1.10 bits per heavy atom. The van der Waals surface area contributed by atoms with Crippen molar-refractivity contribution in [2.45, 2.75) is 38.5 Å². The van der Waals surface area contributed by atoms with E-state index in [4.69, 9.17) is 0 Å². The zero-order valence-corrected chi connectivity index (χ0v) is 17.5. The standard InChI is InChI=1S/2C6H8O2S.2Na/c2*7-5(8)3-6(4-9)1-2-6;;/h2*4H,1-3H2,(H,7,8);;/q;;2*+1/p-2. The van der Waals surface area contributed by atoms with Gasteiger partial charge in [-0.3, -0.25) is 0 Å². The van der Waals surface area contributed by atoms with Crippen LogP contribution >= 0.6 is 24.4 Å². The van der Waals surface area contributed by atoms with Crippen LogP contribution in [-0.2, 0) is 9.59 Å². The van der Waals surface area contributed by atoms with Crippen LogP contribution in [0.4, 0.5) is 0 Å². The Hall–Kier alpha value is 1.12. The molecule has 0 aromatic heterocycles. The summed E-state index contributed by atoms with van der Waals surface area (Å²) in [7, 11) is 0. The fourth-order valence-electron chi connectivity index (χ4n) is 1.57. The van der Waals surface area contributed by atoms with Crippen molar-refractivity contribution in [3.8, 4) is 0 Å². The Kier molecular flexibility index (Phi) is 11.7. The molecule has 0 heterocycles. The SMILES string of the molecule is O=C([O-])CC1(C=S)CC1.O=C([O-])CC1(C=S)CC1.[Na+].[Na+]. The first kappa shape index (κ1) is 23.4. The largest absolute Gasteiger partial charge is 1.00 e. The minimum absolute atomic E-state index is 0. The molecule has 0 amide bonds. The summed E-state index contributed by atoms with van der Waals surface area (Å²) in [5.41, 5.74) is -0.317. The molecule has 0 aliphatic heterocycles. The molecule has 2 aliphatic rings. The molecule has 0 aromatic carbocycles. The molecule has 20 heavy (non-hydrogen) atoms. The molecule has 100 valence electrons. The van der Waals surface area contributed by atoms with Crippen molar-refractivity contribution in [2.75, 3.05) is 0 Å². The molecule has 2 rings (SSSR count).